The van der Waals surface area contributed by atoms with Gasteiger partial charge in [-0.25, -0.2) is 4.99 Å². The number of rotatable bonds is 5. The molecule has 0 amide bonds. The van der Waals surface area contributed by atoms with E-state index in [1.165, 1.54) is 0 Å². The number of hydrogen-bond donors (Lipinski definition) is 1. The number of fused-ring (bicyclic) bond motifs is 2. The van der Waals surface area contributed by atoms with Gasteiger partial charge < -0.3 is 23.3 Å². The molecule has 33 heavy (non-hydrogen) atoms. The zero-order valence-corrected chi connectivity index (χ0v) is 18.1. The lowest BCUT2D eigenvalue weighted by atomic mass is 10.2. The first-order chi connectivity index (χ1) is 16.2. The quantitative estimate of drug-likeness (QED) is 0.413. The van der Waals surface area contributed by atoms with Crippen molar-refractivity contribution in [3.63, 3.8) is 0 Å². The maximum Gasteiger partial charge on any atom is 0.155 e. The lowest BCUT2D eigenvalue weighted by Gasteiger charge is -2.00. The number of nitrogens with zero attached hydrogens (tertiary/aromatic N) is 1. The molecule has 0 aliphatic carbocycles. The number of H-pyrrole nitrogens is 1. The van der Waals surface area contributed by atoms with Crippen LogP contribution in [-0.2, 0) is 0 Å². The Morgan fingerprint density at radius 2 is 1.42 bits per heavy atom. The Balaban J connectivity index is 1.25. The Hall–Kier alpha value is -4.45. The van der Waals surface area contributed by atoms with E-state index >= 15 is 0 Å². The van der Waals surface area contributed by atoms with Crippen LogP contribution in [-0.4, -0.2) is 19.2 Å². The van der Waals surface area contributed by atoms with Gasteiger partial charge >= 0.3 is 0 Å². The summed E-state index contributed by atoms with van der Waals surface area (Å²) in [4.78, 5) is 8.07. The third-order valence-corrected chi connectivity index (χ3v) is 5.65. The maximum absolute atomic E-state index is 6.03. The van der Waals surface area contributed by atoms with E-state index in [9.17, 15) is 0 Å². The molecule has 2 aromatic carbocycles. The zero-order chi connectivity index (χ0) is 22.4. The summed E-state index contributed by atoms with van der Waals surface area (Å²) in [7, 11) is 3.31. The van der Waals surface area contributed by atoms with E-state index in [0.29, 0.717) is 0 Å². The van der Waals surface area contributed by atoms with E-state index in [1.807, 2.05) is 78.9 Å². The summed E-state index contributed by atoms with van der Waals surface area (Å²) >= 11 is 0. The maximum atomic E-state index is 6.03. The Morgan fingerprint density at radius 3 is 2.00 bits per heavy atom. The molecule has 3 aromatic heterocycles. The van der Waals surface area contributed by atoms with Crippen LogP contribution in [0.3, 0.4) is 0 Å². The fraction of sp³-hybridized carbons (Fsp3) is 0.0741. The Bertz CT molecular complexity index is 1550. The summed E-state index contributed by atoms with van der Waals surface area (Å²) in [6.07, 6.45) is 3.92. The van der Waals surface area contributed by atoms with Crippen molar-refractivity contribution >= 4 is 23.3 Å². The molecule has 6 nitrogen and oxygen atoms in total. The molecule has 0 atom stereocenters. The minimum atomic E-state index is 0.754. The van der Waals surface area contributed by atoms with Gasteiger partial charge in [0.05, 0.1) is 25.4 Å². The molecule has 0 radical (unpaired) electrons. The first-order valence-electron chi connectivity index (χ1n) is 10.5. The highest BCUT2D eigenvalue weighted by molar-refractivity contribution is 5.83. The summed E-state index contributed by atoms with van der Waals surface area (Å²) in [5.74, 6) is 3.22. The standard InChI is InChI=1S/C27H20N2O4/c1-30-20-7-3-16(4-8-20)24-14-22-26(32-24)12-18(28-22)11-19-13-27-23(29-19)15-25(33-27)17-5-9-21(31-2)10-6-17/h3-15,28H,1-2H3/b19-11-. The fourth-order valence-corrected chi connectivity index (χ4v) is 3.94. The van der Waals surface area contributed by atoms with Gasteiger partial charge in [0.25, 0.3) is 0 Å². The van der Waals surface area contributed by atoms with Crippen LogP contribution in [0.15, 0.2) is 86.3 Å². The molecule has 0 bridgehead atoms. The third-order valence-electron chi connectivity index (χ3n) is 5.65. The largest absolute Gasteiger partial charge is 0.497 e. The number of furan rings is 2. The fourth-order valence-electron chi connectivity index (χ4n) is 3.94. The second-order valence-corrected chi connectivity index (χ2v) is 7.76. The monoisotopic (exact) mass is 436 g/mol. The summed E-state index contributed by atoms with van der Waals surface area (Å²) in [5.41, 5.74) is 6.20. The van der Waals surface area contributed by atoms with Gasteiger partial charge in [-0.1, -0.05) is 0 Å². The first-order valence-corrected chi connectivity index (χ1v) is 10.5. The van der Waals surface area contributed by atoms with Gasteiger partial charge in [-0.05, 0) is 54.6 Å². The average molecular weight is 436 g/mol. The summed E-state index contributed by atoms with van der Waals surface area (Å²) < 4.78 is 22.5. The molecule has 5 aromatic rings. The van der Waals surface area contributed by atoms with Gasteiger partial charge in [0.2, 0.25) is 0 Å². The zero-order valence-electron chi connectivity index (χ0n) is 18.1. The van der Waals surface area contributed by atoms with E-state index in [1.54, 1.807) is 14.2 Å². The molecule has 1 N–H and O–H groups in total. The molecule has 1 aliphatic heterocycles. The van der Waals surface area contributed by atoms with Gasteiger partial charge in [0, 0.05) is 41.1 Å². The molecule has 0 saturated carbocycles. The molecule has 6 rings (SSSR count). The predicted molar refractivity (Wildman–Crippen MR) is 126 cm³/mol. The van der Waals surface area contributed by atoms with Crippen LogP contribution >= 0.6 is 0 Å². The first kappa shape index (κ1) is 19.3. The molecule has 1 aliphatic rings. The van der Waals surface area contributed by atoms with Gasteiger partial charge in [-0.2, -0.15) is 0 Å². The highest BCUT2D eigenvalue weighted by atomic mass is 16.5. The van der Waals surface area contributed by atoms with Crippen LogP contribution in [0, 0.1) is 0 Å². The molecule has 0 unspecified atom stereocenters. The van der Waals surface area contributed by atoms with Crippen molar-refractivity contribution < 1.29 is 18.3 Å². The van der Waals surface area contributed by atoms with Crippen molar-refractivity contribution in [2.24, 2.45) is 4.99 Å². The summed E-state index contributed by atoms with van der Waals surface area (Å²) in [6.45, 7) is 0. The number of benzene rings is 2. The third kappa shape index (κ3) is 3.51. The van der Waals surface area contributed by atoms with Crippen LogP contribution in [0.2, 0.25) is 0 Å². The van der Waals surface area contributed by atoms with E-state index in [4.69, 9.17) is 18.3 Å². The second-order valence-electron chi connectivity index (χ2n) is 7.76. The molecule has 4 heterocycles. The molecule has 162 valence electrons. The van der Waals surface area contributed by atoms with E-state index in [2.05, 4.69) is 9.98 Å². The average Bonchev–Trinajstić information content (AvgIpc) is 3.59. The van der Waals surface area contributed by atoms with Crippen molar-refractivity contribution in [2.45, 2.75) is 0 Å². The SMILES string of the molecule is COc1ccc(-c2cc3c(o2)=C/C(=C/c2cc4oc(-c5ccc(OC)cc5)cc4[nH]2)N=3)cc1. The van der Waals surface area contributed by atoms with Gasteiger partial charge in [-0.3, -0.25) is 0 Å². The topological polar surface area (TPSA) is 72.9 Å². The number of aromatic amines is 1. The highest BCUT2D eigenvalue weighted by Gasteiger charge is 2.12. The molecule has 0 spiro atoms. The predicted octanol–water partition coefficient (Wildman–Crippen LogP) is 5.16. The van der Waals surface area contributed by atoms with Crippen molar-refractivity contribution in [3.05, 3.63) is 88.9 Å². The van der Waals surface area contributed by atoms with E-state index < -0.39 is 0 Å². The second kappa shape index (κ2) is 7.60. The summed E-state index contributed by atoms with van der Waals surface area (Å²) in [5, 5.41) is 0.823. The smallest absolute Gasteiger partial charge is 0.155 e. The lowest BCUT2D eigenvalue weighted by Crippen LogP contribution is -2.14. The lowest BCUT2D eigenvalue weighted by molar-refractivity contribution is 0.414. The molecular formula is C27H20N2O4. The molecule has 0 saturated heterocycles. The van der Waals surface area contributed by atoms with E-state index in [-0.39, 0.29) is 0 Å². The van der Waals surface area contributed by atoms with Crippen molar-refractivity contribution in [3.8, 4) is 34.1 Å². The molecular weight excluding hydrogens is 416 g/mol. The van der Waals surface area contributed by atoms with Crippen molar-refractivity contribution in [1.29, 1.82) is 0 Å². The number of ether oxygens (including phenoxy) is 2. The normalized spacial score (nSPS) is 13.7. The van der Waals surface area contributed by atoms with Crippen LogP contribution < -0.4 is 20.2 Å². The minimum Gasteiger partial charge on any atom is -0.497 e. The van der Waals surface area contributed by atoms with Crippen molar-refractivity contribution in [1.82, 2.24) is 4.98 Å². The molecule has 6 heteroatoms. The highest BCUT2D eigenvalue weighted by Crippen LogP contribution is 2.30. The number of aromatic nitrogens is 1. The van der Waals surface area contributed by atoms with Crippen LogP contribution in [0.5, 0.6) is 11.5 Å². The number of hydrogen-bond acceptors (Lipinski definition) is 5. The van der Waals surface area contributed by atoms with Gasteiger partial charge in [0.15, 0.2) is 11.0 Å². The van der Waals surface area contributed by atoms with Gasteiger partial charge in [-0.15, -0.1) is 0 Å². The number of allylic oxidation sites excluding steroid dienone is 1. The van der Waals surface area contributed by atoms with Crippen molar-refractivity contribution in [2.75, 3.05) is 14.2 Å². The minimum absolute atomic E-state index is 0.754. The van der Waals surface area contributed by atoms with Crippen LogP contribution in [0.1, 0.15) is 5.69 Å². The van der Waals surface area contributed by atoms with Crippen LogP contribution in [0.4, 0.5) is 0 Å². The van der Waals surface area contributed by atoms with E-state index in [0.717, 1.165) is 67.4 Å². The Morgan fingerprint density at radius 1 is 0.788 bits per heavy atom. The van der Waals surface area contributed by atoms with Crippen LogP contribution in [0.25, 0.3) is 45.9 Å². The Labute approximate surface area is 189 Å². The number of methoxy groups -OCH3 is 2. The number of nitrogens with one attached hydrogen (secondary N) is 1. The molecule has 0 fully saturated rings. The van der Waals surface area contributed by atoms with Gasteiger partial charge in [0.1, 0.15) is 28.4 Å². The Kier molecular flexibility index (Phi) is 4.43. The summed E-state index contributed by atoms with van der Waals surface area (Å²) in [6, 6.07) is 21.5.